The summed E-state index contributed by atoms with van der Waals surface area (Å²) < 4.78 is 27.1. The molecule has 4 nitrogen and oxygen atoms in total. The Labute approximate surface area is 121 Å². The number of aliphatic hydroxyl groups excluding tert-OH is 1. The molecule has 1 aromatic rings. The zero-order valence-corrected chi connectivity index (χ0v) is 13.4. The maximum atomic E-state index is 12.8. The molecule has 1 aliphatic heterocycles. The molecule has 1 N–H and O–H groups in total. The number of sulfonamides is 1. The number of aliphatic hydroxyl groups is 1. The van der Waals surface area contributed by atoms with Gasteiger partial charge >= 0.3 is 0 Å². The van der Waals surface area contributed by atoms with Gasteiger partial charge in [-0.2, -0.15) is 4.31 Å². The summed E-state index contributed by atoms with van der Waals surface area (Å²) in [5.41, 5.74) is 2.66. The highest BCUT2D eigenvalue weighted by Crippen LogP contribution is 2.30. The maximum Gasteiger partial charge on any atom is 0.243 e. The molecule has 2 rings (SSSR count). The summed E-state index contributed by atoms with van der Waals surface area (Å²) >= 11 is 0. The number of hydrogen-bond acceptors (Lipinski definition) is 3. The van der Waals surface area contributed by atoms with Gasteiger partial charge in [0.05, 0.1) is 11.0 Å². The molecular formula is C15H23NO3S. The largest absolute Gasteiger partial charge is 0.393 e. The lowest BCUT2D eigenvalue weighted by atomic mass is 10.0. The summed E-state index contributed by atoms with van der Waals surface area (Å²) in [5.74, 6) is 0.0378. The predicted octanol–water partition coefficient (Wildman–Crippen LogP) is 2.00. The lowest BCUT2D eigenvalue weighted by molar-refractivity contribution is 0.133. The highest BCUT2D eigenvalue weighted by atomic mass is 32.2. The molecule has 0 radical (unpaired) electrons. The summed E-state index contributed by atoms with van der Waals surface area (Å²) in [7, 11) is -3.46. The van der Waals surface area contributed by atoms with Crippen LogP contribution in [0.2, 0.25) is 0 Å². The van der Waals surface area contributed by atoms with E-state index in [0.717, 1.165) is 23.1 Å². The van der Waals surface area contributed by atoms with Crippen LogP contribution < -0.4 is 0 Å². The van der Waals surface area contributed by atoms with Gasteiger partial charge in [-0.3, -0.25) is 0 Å². The van der Waals surface area contributed by atoms with E-state index >= 15 is 0 Å². The first-order valence-electron chi connectivity index (χ1n) is 6.99. The fourth-order valence-corrected chi connectivity index (χ4v) is 4.99. The molecule has 0 amide bonds. The van der Waals surface area contributed by atoms with Crippen molar-refractivity contribution in [2.24, 2.45) is 5.92 Å². The van der Waals surface area contributed by atoms with Crippen LogP contribution in [0, 0.1) is 26.7 Å². The van der Waals surface area contributed by atoms with Gasteiger partial charge in [0, 0.05) is 13.1 Å². The minimum atomic E-state index is -3.46. The molecule has 0 aliphatic carbocycles. The van der Waals surface area contributed by atoms with Crippen LogP contribution >= 0.6 is 0 Å². The standard InChI is InChI=1S/C15H23NO3S/c1-10-7-11(2)15(12(3)8-10)20(18,19)16-6-5-14(9-16)13(4)17/h7-8,13-14,17H,5-6,9H2,1-4H3. The van der Waals surface area contributed by atoms with E-state index in [9.17, 15) is 13.5 Å². The summed E-state index contributed by atoms with van der Waals surface area (Å²) in [6, 6.07) is 3.81. The van der Waals surface area contributed by atoms with Crippen molar-refractivity contribution in [1.82, 2.24) is 4.31 Å². The molecule has 20 heavy (non-hydrogen) atoms. The fourth-order valence-electron chi connectivity index (χ4n) is 3.07. The van der Waals surface area contributed by atoms with Crippen LogP contribution in [-0.4, -0.2) is 37.0 Å². The molecule has 5 heteroatoms. The molecule has 1 fully saturated rings. The van der Waals surface area contributed by atoms with Gasteiger partial charge in [0.25, 0.3) is 0 Å². The lowest BCUT2D eigenvalue weighted by Crippen LogP contribution is -2.31. The van der Waals surface area contributed by atoms with Gasteiger partial charge in [0.1, 0.15) is 0 Å². The Hall–Kier alpha value is -0.910. The minimum absolute atomic E-state index is 0.0378. The Morgan fingerprint density at radius 2 is 1.80 bits per heavy atom. The molecule has 0 saturated carbocycles. The van der Waals surface area contributed by atoms with Crippen molar-refractivity contribution in [1.29, 1.82) is 0 Å². The lowest BCUT2D eigenvalue weighted by Gasteiger charge is -2.20. The zero-order valence-electron chi connectivity index (χ0n) is 12.5. The van der Waals surface area contributed by atoms with Gasteiger partial charge in [-0.05, 0) is 51.2 Å². The van der Waals surface area contributed by atoms with Gasteiger partial charge in [-0.25, -0.2) is 8.42 Å². The Morgan fingerprint density at radius 1 is 1.25 bits per heavy atom. The van der Waals surface area contributed by atoms with E-state index in [0.29, 0.717) is 18.0 Å². The molecule has 1 saturated heterocycles. The van der Waals surface area contributed by atoms with E-state index in [-0.39, 0.29) is 5.92 Å². The van der Waals surface area contributed by atoms with Crippen molar-refractivity contribution in [3.63, 3.8) is 0 Å². The Balaban J connectivity index is 2.38. The first-order chi connectivity index (χ1) is 9.23. The number of aryl methyl sites for hydroxylation is 3. The molecule has 112 valence electrons. The molecule has 0 spiro atoms. The Morgan fingerprint density at radius 3 is 2.25 bits per heavy atom. The van der Waals surface area contributed by atoms with Crippen molar-refractivity contribution in [3.05, 3.63) is 28.8 Å². The van der Waals surface area contributed by atoms with E-state index in [2.05, 4.69) is 0 Å². The van der Waals surface area contributed by atoms with E-state index in [4.69, 9.17) is 0 Å². The zero-order chi connectivity index (χ0) is 15.1. The monoisotopic (exact) mass is 297 g/mol. The Bertz CT molecular complexity index is 585. The van der Waals surface area contributed by atoms with Crippen LogP contribution in [0.15, 0.2) is 17.0 Å². The summed E-state index contributed by atoms with van der Waals surface area (Å²) in [5, 5.41) is 9.63. The number of nitrogens with zero attached hydrogens (tertiary/aromatic N) is 1. The third-order valence-corrected chi connectivity index (χ3v) is 6.24. The quantitative estimate of drug-likeness (QED) is 0.928. The summed E-state index contributed by atoms with van der Waals surface area (Å²) in [6.45, 7) is 8.28. The van der Waals surface area contributed by atoms with Crippen LogP contribution in [0.25, 0.3) is 0 Å². The SMILES string of the molecule is Cc1cc(C)c(S(=O)(=O)N2CCC(C(C)O)C2)c(C)c1. The minimum Gasteiger partial charge on any atom is -0.393 e. The van der Waals surface area contributed by atoms with E-state index in [1.807, 2.05) is 32.9 Å². The van der Waals surface area contributed by atoms with E-state index < -0.39 is 16.1 Å². The third kappa shape index (κ3) is 2.75. The molecular weight excluding hydrogens is 274 g/mol. The topological polar surface area (TPSA) is 57.6 Å². The maximum absolute atomic E-state index is 12.8. The van der Waals surface area contributed by atoms with Crippen molar-refractivity contribution in [3.8, 4) is 0 Å². The molecule has 1 aliphatic rings. The molecule has 2 atom stereocenters. The second-order valence-corrected chi connectivity index (χ2v) is 7.76. The van der Waals surface area contributed by atoms with Gasteiger partial charge < -0.3 is 5.11 Å². The van der Waals surface area contributed by atoms with Crippen molar-refractivity contribution < 1.29 is 13.5 Å². The van der Waals surface area contributed by atoms with Gasteiger partial charge in [0.15, 0.2) is 0 Å². The highest BCUT2D eigenvalue weighted by molar-refractivity contribution is 7.89. The third-order valence-electron chi connectivity index (χ3n) is 4.07. The predicted molar refractivity (Wildman–Crippen MR) is 79.2 cm³/mol. The fraction of sp³-hybridized carbons (Fsp3) is 0.600. The van der Waals surface area contributed by atoms with Crippen LogP contribution in [0.1, 0.15) is 30.0 Å². The smallest absolute Gasteiger partial charge is 0.243 e. The van der Waals surface area contributed by atoms with Crippen LogP contribution in [-0.2, 0) is 10.0 Å². The summed E-state index contributed by atoms with van der Waals surface area (Å²) in [4.78, 5) is 0.425. The van der Waals surface area contributed by atoms with Crippen LogP contribution in [0.3, 0.4) is 0 Å². The van der Waals surface area contributed by atoms with Crippen molar-refractivity contribution in [2.75, 3.05) is 13.1 Å². The molecule has 1 heterocycles. The summed E-state index contributed by atoms with van der Waals surface area (Å²) in [6.07, 6.45) is 0.260. The van der Waals surface area contributed by atoms with Gasteiger partial charge in [-0.1, -0.05) is 17.7 Å². The van der Waals surface area contributed by atoms with Crippen LogP contribution in [0.5, 0.6) is 0 Å². The average Bonchev–Trinajstić information content (AvgIpc) is 2.76. The van der Waals surface area contributed by atoms with E-state index in [1.165, 1.54) is 4.31 Å². The number of benzene rings is 1. The van der Waals surface area contributed by atoms with Crippen molar-refractivity contribution in [2.45, 2.75) is 45.1 Å². The number of hydrogen-bond donors (Lipinski definition) is 1. The molecule has 2 unspecified atom stereocenters. The van der Waals surface area contributed by atoms with E-state index in [1.54, 1.807) is 6.92 Å². The average molecular weight is 297 g/mol. The molecule has 0 aromatic heterocycles. The molecule has 1 aromatic carbocycles. The first-order valence-corrected chi connectivity index (χ1v) is 8.43. The first kappa shape index (κ1) is 15.5. The van der Waals surface area contributed by atoms with Gasteiger partial charge in [0.2, 0.25) is 10.0 Å². The van der Waals surface area contributed by atoms with Crippen LogP contribution in [0.4, 0.5) is 0 Å². The van der Waals surface area contributed by atoms with Crippen molar-refractivity contribution >= 4 is 10.0 Å². The second kappa shape index (κ2) is 5.47. The molecule has 0 bridgehead atoms. The highest BCUT2D eigenvalue weighted by Gasteiger charge is 2.35. The second-order valence-electron chi connectivity index (χ2n) is 5.88. The Kier molecular flexibility index (Phi) is 4.23. The normalized spacial score (nSPS) is 22.1. The van der Waals surface area contributed by atoms with Gasteiger partial charge in [-0.15, -0.1) is 0 Å². The number of rotatable bonds is 3.